The number of aryl methyl sites for hydroxylation is 2. The van der Waals surface area contributed by atoms with E-state index in [0.29, 0.717) is 16.6 Å². The Morgan fingerprint density at radius 1 is 1.04 bits per heavy atom. The minimum atomic E-state index is -0.656. The fourth-order valence-electron chi connectivity index (χ4n) is 3.43. The first-order valence-corrected chi connectivity index (χ1v) is 9.08. The summed E-state index contributed by atoms with van der Waals surface area (Å²) in [6, 6.07) is 14.4. The summed E-state index contributed by atoms with van der Waals surface area (Å²) in [4.78, 5) is 30.2. The molecule has 140 valence electrons. The van der Waals surface area contributed by atoms with E-state index in [-0.39, 0.29) is 11.3 Å². The molecule has 0 aliphatic rings. The molecule has 6 nitrogen and oxygen atoms in total. The van der Waals surface area contributed by atoms with Crippen molar-refractivity contribution in [2.45, 2.75) is 26.8 Å². The van der Waals surface area contributed by atoms with Crippen LogP contribution in [-0.4, -0.2) is 25.1 Å². The first-order valence-electron chi connectivity index (χ1n) is 9.08. The summed E-state index contributed by atoms with van der Waals surface area (Å²) in [6.45, 7) is 5.73. The summed E-state index contributed by atoms with van der Waals surface area (Å²) in [6.07, 6.45) is 2.94. The van der Waals surface area contributed by atoms with Crippen molar-refractivity contribution in [3.8, 4) is 5.69 Å². The van der Waals surface area contributed by atoms with Crippen LogP contribution in [0.1, 0.15) is 34.5 Å². The van der Waals surface area contributed by atoms with Crippen molar-refractivity contribution in [3.63, 3.8) is 0 Å². The third kappa shape index (κ3) is 3.03. The Kier molecular flexibility index (Phi) is 4.39. The van der Waals surface area contributed by atoms with E-state index in [4.69, 9.17) is 0 Å². The van der Waals surface area contributed by atoms with Crippen LogP contribution in [0.5, 0.6) is 0 Å². The van der Waals surface area contributed by atoms with Gasteiger partial charge in [-0.1, -0.05) is 36.4 Å². The van der Waals surface area contributed by atoms with Crippen molar-refractivity contribution in [2.24, 2.45) is 0 Å². The molecule has 0 spiro atoms. The summed E-state index contributed by atoms with van der Waals surface area (Å²) in [5.41, 5.74) is 3.82. The zero-order chi connectivity index (χ0) is 19.8. The predicted molar refractivity (Wildman–Crippen MR) is 108 cm³/mol. The number of hydrogen-bond donors (Lipinski definition) is 0. The van der Waals surface area contributed by atoms with E-state index < -0.39 is 6.04 Å². The fourth-order valence-corrected chi connectivity index (χ4v) is 3.43. The number of carbonyl (C=O) groups is 1. The van der Waals surface area contributed by atoms with Crippen molar-refractivity contribution >= 4 is 16.8 Å². The highest BCUT2D eigenvalue weighted by Gasteiger charge is 2.20. The van der Waals surface area contributed by atoms with Gasteiger partial charge >= 0.3 is 0 Å². The van der Waals surface area contributed by atoms with Crippen LogP contribution in [0.25, 0.3) is 16.7 Å². The van der Waals surface area contributed by atoms with Gasteiger partial charge < -0.3 is 0 Å². The van der Waals surface area contributed by atoms with Crippen molar-refractivity contribution < 1.29 is 4.79 Å². The number of Topliss-reactive ketones (excluding diaryl/α,β-unsaturated/α-hetero) is 1. The van der Waals surface area contributed by atoms with E-state index in [9.17, 15) is 9.59 Å². The lowest BCUT2D eigenvalue weighted by Gasteiger charge is -2.14. The lowest BCUT2D eigenvalue weighted by Crippen LogP contribution is -2.28. The maximum Gasteiger partial charge on any atom is 0.265 e. The molecule has 0 fully saturated rings. The lowest BCUT2D eigenvalue weighted by atomic mass is 10.1. The highest BCUT2D eigenvalue weighted by molar-refractivity contribution is 5.98. The average molecular weight is 372 g/mol. The molecule has 1 atom stereocenters. The molecule has 0 radical (unpaired) electrons. The summed E-state index contributed by atoms with van der Waals surface area (Å²) >= 11 is 0. The number of carbonyl (C=O) groups excluding carboxylic acids is 1. The lowest BCUT2D eigenvalue weighted by molar-refractivity contribution is 0.0932. The van der Waals surface area contributed by atoms with Crippen molar-refractivity contribution in [1.82, 2.24) is 19.3 Å². The Morgan fingerprint density at radius 3 is 2.39 bits per heavy atom. The Hall–Kier alpha value is -3.54. The second-order valence-electron chi connectivity index (χ2n) is 7.00. The topological polar surface area (TPSA) is 69.8 Å². The molecule has 4 aromatic rings. The number of fused-ring (bicyclic) bond motifs is 1. The molecule has 0 aliphatic carbocycles. The highest BCUT2D eigenvalue weighted by atomic mass is 16.1. The van der Waals surface area contributed by atoms with Gasteiger partial charge in [0.25, 0.3) is 5.56 Å². The molecule has 0 saturated carbocycles. The molecule has 2 heterocycles. The molecule has 0 saturated heterocycles. The van der Waals surface area contributed by atoms with E-state index in [1.807, 2.05) is 32.0 Å². The summed E-state index contributed by atoms with van der Waals surface area (Å²) in [5.74, 6) is -0.134. The number of aromatic nitrogens is 4. The maximum atomic E-state index is 13.0. The molecular weight excluding hydrogens is 352 g/mol. The van der Waals surface area contributed by atoms with E-state index >= 15 is 0 Å². The molecule has 0 N–H and O–H groups in total. The molecule has 2 aromatic heterocycles. The Morgan fingerprint density at radius 2 is 1.71 bits per heavy atom. The molecule has 4 rings (SSSR count). The second kappa shape index (κ2) is 6.88. The van der Waals surface area contributed by atoms with Crippen molar-refractivity contribution in [2.75, 3.05) is 0 Å². The van der Waals surface area contributed by atoms with Gasteiger partial charge in [0.1, 0.15) is 11.7 Å². The van der Waals surface area contributed by atoms with Crippen molar-refractivity contribution in [3.05, 3.63) is 88.1 Å². The van der Waals surface area contributed by atoms with E-state index in [2.05, 4.69) is 16.1 Å². The quantitative estimate of drug-likeness (QED) is 0.513. The third-order valence-electron chi connectivity index (χ3n) is 4.82. The highest BCUT2D eigenvalue weighted by Crippen LogP contribution is 2.18. The van der Waals surface area contributed by atoms with Crippen LogP contribution in [0.3, 0.4) is 0 Å². The first kappa shape index (κ1) is 17.9. The minimum Gasteiger partial charge on any atom is -0.292 e. The summed E-state index contributed by atoms with van der Waals surface area (Å²) in [7, 11) is 0. The third-order valence-corrected chi connectivity index (χ3v) is 4.82. The number of ketones is 1. The van der Waals surface area contributed by atoms with E-state index in [1.165, 1.54) is 17.1 Å². The first-order chi connectivity index (χ1) is 13.5. The minimum absolute atomic E-state index is 0.134. The molecule has 28 heavy (non-hydrogen) atoms. The maximum absolute atomic E-state index is 13.0. The SMILES string of the molecule is Cc1cc(C)cc(-n2ncc3c(=O)n([C@@H](C)C(=O)c4ccccc4)cnc32)c1. The van der Waals surface area contributed by atoms with Crippen LogP contribution in [0.15, 0.2) is 65.8 Å². The van der Waals surface area contributed by atoms with E-state index in [1.54, 1.807) is 35.9 Å². The van der Waals surface area contributed by atoms with Crippen LogP contribution in [0.2, 0.25) is 0 Å². The Labute approximate surface area is 162 Å². The Balaban J connectivity index is 1.79. The summed E-state index contributed by atoms with van der Waals surface area (Å²) in [5, 5.41) is 4.75. The van der Waals surface area contributed by atoms with Crippen LogP contribution in [0, 0.1) is 13.8 Å². The van der Waals surface area contributed by atoms with Gasteiger partial charge in [-0.15, -0.1) is 0 Å². The number of benzene rings is 2. The molecule has 0 unspecified atom stereocenters. The number of nitrogens with zero attached hydrogens (tertiary/aromatic N) is 4. The zero-order valence-electron chi connectivity index (χ0n) is 16.0. The largest absolute Gasteiger partial charge is 0.292 e. The van der Waals surface area contributed by atoms with Gasteiger partial charge in [0, 0.05) is 5.56 Å². The Bertz CT molecular complexity index is 1220. The van der Waals surface area contributed by atoms with Gasteiger partial charge in [-0.25, -0.2) is 9.67 Å². The van der Waals surface area contributed by atoms with Crippen LogP contribution < -0.4 is 5.56 Å². The standard InChI is InChI=1S/C22H20N4O2/c1-14-9-15(2)11-18(10-14)26-21-19(12-24-26)22(28)25(13-23-21)16(3)20(27)17-7-5-4-6-8-17/h4-13,16H,1-3H3/t16-/m0/s1. The second-order valence-corrected chi connectivity index (χ2v) is 7.00. The van der Waals surface area contributed by atoms with Gasteiger partial charge in [-0.05, 0) is 44.0 Å². The van der Waals surface area contributed by atoms with E-state index in [0.717, 1.165) is 16.8 Å². The summed E-state index contributed by atoms with van der Waals surface area (Å²) < 4.78 is 3.02. The van der Waals surface area contributed by atoms with Gasteiger partial charge in [0.2, 0.25) is 0 Å². The molecule has 0 bridgehead atoms. The normalized spacial score (nSPS) is 12.2. The predicted octanol–water partition coefficient (Wildman–Crippen LogP) is 3.64. The number of hydrogen-bond acceptors (Lipinski definition) is 4. The molecule has 0 amide bonds. The van der Waals surface area contributed by atoms with Gasteiger partial charge in [0.15, 0.2) is 11.4 Å². The van der Waals surface area contributed by atoms with Crippen LogP contribution in [0.4, 0.5) is 0 Å². The fraction of sp³-hybridized carbons (Fsp3) is 0.182. The molecular formula is C22H20N4O2. The van der Waals surface area contributed by atoms with Crippen molar-refractivity contribution in [1.29, 1.82) is 0 Å². The monoisotopic (exact) mass is 372 g/mol. The molecule has 2 aromatic carbocycles. The molecule has 0 aliphatic heterocycles. The van der Waals surface area contributed by atoms with Gasteiger partial charge in [-0.2, -0.15) is 5.10 Å². The van der Waals surface area contributed by atoms with Crippen LogP contribution >= 0.6 is 0 Å². The van der Waals surface area contributed by atoms with Gasteiger partial charge in [-0.3, -0.25) is 14.2 Å². The molecule has 6 heteroatoms. The zero-order valence-corrected chi connectivity index (χ0v) is 16.0. The average Bonchev–Trinajstić information content (AvgIpc) is 3.12. The smallest absolute Gasteiger partial charge is 0.265 e. The number of rotatable bonds is 4. The van der Waals surface area contributed by atoms with Gasteiger partial charge in [0.05, 0.1) is 17.9 Å². The van der Waals surface area contributed by atoms with Crippen LogP contribution in [-0.2, 0) is 0 Å².